The van der Waals surface area contributed by atoms with Gasteiger partial charge in [-0.05, 0) is 48.7 Å². The van der Waals surface area contributed by atoms with Crippen LogP contribution in [0.2, 0.25) is 5.02 Å². The Labute approximate surface area is 166 Å². The molecule has 0 bridgehead atoms. The van der Waals surface area contributed by atoms with Crippen molar-refractivity contribution in [3.63, 3.8) is 0 Å². The number of methoxy groups -OCH3 is 1. The number of hydrogen-bond donors (Lipinski definition) is 1. The van der Waals surface area contributed by atoms with Gasteiger partial charge in [-0.2, -0.15) is 13.2 Å². The summed E-state index contributed by atoms with van der Waals surface area (Å²) >= 11 is 5.98. The molecule has 1 N–H and O–H groups in total. The first-order chi connectivity index (χ1) is 13.3. The normalized spacial score (nSPS) is 14.2. The second-order valence-corrected chi connectivity index (χ2v) is 7.16. The van der Waals surface area contributed by atoms with E-state index in [4.69, 9.17) is 16.3 Å². The number of amides is 1. The van der Waals surface area contributed by atoms with Crippen LogP contribution in [0.3, 0.4) is 0 Å². The number of anilines is 1. The summed E-state index contributed by atoms with van der Waals surface area (Å²) in [6.45, 7) is 0.532. The van der Waals surface area contributed by atoms with Crippen molar-refractivity contribution < 1.29 is 22.7 Å². The lowest BCUT2D eigenvalue weighted by Gasteiger charge is -2.22. The van der Waals surface area contributed by atoms with Crippen molar-refractivity contribution in [3.05, 3.63) is 58.6 Å². The molecule has 8 heteroatoms. The van der Waals surface area contributed by atoms with Crippen LogP contribution in [0.15, 0.2) is 42.5 Å². The van der Waals surface area contributed by atoms with Crippen LogP contribution in [0.25, 0.3) is 0 Å². The number of benzene rings is 2. The molecule has 0 heterocycles. The second kappa shape index (κ2) is 8.41. The average Bonchev–Trinajstić information content (AvgIpc) is 3.46. The molecule has 2 aromatic rings. The van der Waals surface area contributed by atoms with Gasteiger partial charge in [-0.3, -0.25) is 9.69 Å². The fraction of sp³-hybridized carbons (Fsp3) is 0.350. The fourth-order valence-corrected chi connectivity index (χ4v) is 3.11. The summed E-state index contributed by atoms with van der Waals surface area (Å²) in [6.07, 6.45) is -2.42. The van der Waals surface area contributed by atoms with Crippen molar-refractivity contribution in [1.29, 1.82) is 0 Å². The van der Waals surface area contributed by atoms with Crippen LogP contribution >= 0.6 is 11.6 Å². The monoisotopic (exact) mass is 412 g/mol. The van der Waals surface area contributed by atoms with E-state index in [1.807, 2.05) is 4.90 Å². The largest absolute Gasteiger partial charge is 0.495 e. The maximum absolute atomic E-state index is 12.7. The highest BCUT2D eigenvalue weighted by Crippen LogP contribution is 2.32. The predicted molar refractivity (Wildman–Crippen MR) is 102 cm³/mol. The summed E-state index contributed by atoms with van der Waals surface area (Å²) in [5.41, 5.74) is 0.526. The van der Waals surface area contributed by atoms with Crippen molar-refractivity contribution in [2.24, 2.45) is 0 Å². The number of ether oxygens (including phenoxy) is 1. The van der Waals surface area contributed by atoms with Crippen molar-refractivity contribution in [2.75, 3.05) is 19.0 Å². The molecular weight excluding hydrogens is 393 g/mol. The maximum Gasteiger partial charge on any atom is 0.416 e. The van der Waals surface area contributed by atoms with Gasteiger partial charge in [-0.1, -0.05) is 23.7 Å². The minimum Gasteiger partial charge on any atom is -0.495 e. The van der Waals surface area contributed by atoms with Crippen LogP contribution in [0, 0.1) is 0 Å². The molecule has 0 unspecified atom stereocenters. The summed E-state index contributed by atoms with van der Waals surface area (Å²) in [6, 6.07) is 10.2. The third kappa shape index (κ3) is 5.39. The van der Waals surface area contributed by atoms with E-state index < -0.39 is 11.7 Å². The standard InChI is InChI=1S/C20H20ClF3N2O2/c1-28-18-9-6-15(21)10-17(18)25-19(27)12-26(16-7-8-16)11-13-2-4-14(5-3-13)20(22,23)24/h2-6,9-10,16H,7-8,11-12H2,1H3,(H,25,27). The van der Waals surface area contributed by atoms with E-state index in [-0.39, 0.29) is 18.5 Å². The zero-order valence-corrected chi connectivity index (χ0v) is 16.0. The van der Waals surface area contributed by atoms with Gasteiger partial charge in [0.1, 0.15) is 5.75 Å². The first kappa shape index (κ1) is 20.5. The van der Waals surface area contributed by atoms with Gasteiger partial charge in [0.2, 0.25) is 5.91 Å². The SMILES string of the molecule is COc1ccc(Cl)cc1NC(=O)CN(Cc1ccc(C(F)(F)F)cc1)C1CC1. The number of nitrogens with one attached hydrogen (secondary N) is 1. The Balaban J connectivity index is 1.65. The van der Waals surface area contributed by atoms with Gasteiger partial charge < -0.3 is 10.1 Å². The van der Waals surface area contributed by atoms with Gasteiger partial charge >= 0.3 is 6.18 Å². The molecule has 2 aromatic carbocycles. The highest BCUT2D eigenvalue weighted by molar-refractivity contribution is 6.31. The zero-order valence-electron chi connectivity index (χ0n) is 15.2. The Bertz CT molecular complexity index is 836. The minimum atomic E-state index is -4.36. The Hall–Kier alpha value is -2.25. The predicted octanol–water partition coefficient (Wildman–Crippen LogP) is 4.97. The summed E-state index contributed by atoms with van der Waals surface area (Å²) in [7, 11) is 1.50. The zero-order chi connectivity index (χ0) is 20.3. The molecule has 0 atom stereocenters. The van der Waals surface area contributed by atoms with Gasteiger partial charge in [-0.15, -0.1) is 0 Å². The molecule has 1 amide bonds. The summed E-state index contributed by atoms with van der Waals surface area (Å²) in [5, 5.41) is 3.26. The smallest absolute Gasteiger partial charge is 0.416 e. The van der Waals surface area contributed by atoms with Gasteiger partial charge in [0, 0.05) is 17.6 Å². The van der Waals surface area contributed by atoms with E-state index in [1.54, 1.807) is 18.2 Å². The van der Waals surface area contributed by atoms with E-state index in [0.717, 1.165) is 30.5 Å². The molecule has 0 saturated heterocycles. The lowest BCUT2D eigenvalue weighted by atomic mass is 10.1. The summed E-state index contributed by atoms with van der Waals surface area (Å²) < 4.78 is 43.3. The van der Waals surface area contributed by atoms with E-state index in [0.29, 0.717) is 23.0 Å². The minimum absolute atomic E-state index is 0.126. The highest BCUT2D eigenvalue weighted by Gasteiger charge is 2.32. The molecule has 0 spiro atoms. The second-order valence-electron chi connectivity index (χ2n) is 6.72. The van der Waals surface area contributed by atoms with Crippen molar-refractivity contribution in [2.45, 2.75) is 31.6 Å². The van der Waals surface area contributed by atoms with Gasteiger partial charge in [0.15, 0.2) is 0 Å². The molecule has 0 aliphatic heterocycles. The topological polar surface area (TPSA) is 41.6 Å². The van der Waals surface area contributed by atoms with Gasteiger partial charge in [0.25, 0.3) is 0 Å². The van der Waals surface area contributed by atoms with Crippen LogP contribution < -0.4 is 10.1 Å². The lowest BCUT2D eigenvalue weighted by molar-refractivity contribution is -0.137. The van der Waals surface area contributed by atoms with Crippen molar-refractivity contribution >= 4 is 23.2 Å². The molecule has 0 aromatic heterocycles. The number of rotatable bonds is 7. The Morgan fingerprint density at radius 3 is 2.46 bits per heavy atom. The molecular formula is C20H20ClF3N2O2. The third-order valence-electron chi connectivity index (χ3n) is 4.51. The van der Waals surface area contributed by atoms with E-state index >= 15 is 0 Å². The highest BCUT2D eigenvalue weighted by atomic mass is 35.5. The van der Waals surface area contributed by atoms with Crippen molar-refractivity contribution in [1.82, 2.24) is 4.90 Å². The number of halogens is 4. The van der Waals surface area contributed by atoms with Crippen LogP contribution in [-0.4, -0.2) is 30.5 Å². The van der Waals surface area contributed by atoms with Crippen LogP contribution in [0.5, 0.6) is 5.75 Å². The Morgan fingerprint density at radius 2 is 1.89 bits per heavy atom. The Kier molecular flexibility index (Phi) is 6.15. The van der Waals surface area contributed by atoms with Crippen LogP contribution in [0.4, 0.5) is 18.9 Å². The first-order valence-electron chi connectivity index (χ1n) is 8.80. The summed E-state index contributed by atoms with van der Waals surface area (Å²) in [5.74, 6) is 0.262. The molecule has 150 valence electrons. The molecule has 1 aliphatic rings. The molecule has 1 aliphatic carbocycles. The molecule has 0 radical (unpaired) electrons. The first-order valence-corrected chi connectivity index (χ1v) is 9.17. The van der Waals surface area contributed by atoms with Gasteiger partial charge in [0.05, 0.1) is 24.9 Å². The number of nitrogens with zero attached hydrogens (tertiary/aromatic N) is 1. The number of hydrogen-bond acceptors (Lipinski definition) is 3. The maximum atomic E-state index is 12.7. The van der Waals surface area contributed by atoms with E-state index in [2.05, 4.69) is 5.32 Å². The van der Waals surface area contributed by atoms with Crippen LogP contribution in [0.1, 0.15) is 24.0 Å². The Morgan fingerprint density at radius 1 is 1.21 bits per heavy atom. The average molecular weight is 413 g/mol. The number of carbonyl (C=O) groups excluding carboxylic acids is 1. The summed E-state index contributed by atoms with van der Waals surface area (Å²) in [4.78, 5) is 14.5. The van der Waals surface area contributed by atoms with Crippen molar-refractivity contribution in [3.8, 4) is 5.75 Å². The lowest BCUT2D eigenvalue weighted by Crippen LogP contribution is -2.34. The third-order valence-corrected chi connectivity index (χ3v) is 4.75. The molecule has 3 rings (SSSR count). The van der Waals surface area contributed by atoms with Crippen LogP contribution in [-0.2, 0) is 17.5 Å². The molecule has 1 saturated carbocycles. The number of alkyl halides is 3. The van der Waals surface area contributed by atoms with Gasteiger partial charge in [-0.25, -0.2) is 0 Å². The quantitative estimate of drug-likeness (QED) is 0.698. The van der Waals surface area contributed by atoms with E-state index in [1.165, 1.54) is 19.2 Å². The van der Waals surface area contributed by atoms with E-state index in [9.17, 15) is 18.0 Å². The molecule has 28 heavy (non-hydrogen) atoms. The number of carbonyl (C=O) groups is 1. The fourth-order valence-electron chi connectivity index (χ4n) is 2.94. The molecule has 1 fully saturated rings. The molecule has 4 nitrogen and oxygen atoms in total.